The molecule has 0 radical (unpaired) electrons. The Kier molecular flexibility index (Phi) is 5.13. The number of aromatic nitrogens is 2. The average molecular weight is 421 g/mol. The number of hydrogen-bond donors (Lipinski definition) is 1. The van der Waals surface area contributed by atoms with Gasteiger partial charge in [0.15, 0.2) is 5.13 Å². The summed E-state index contributed by atoms with van der Waals surface area (Å²) in [6.45, 7) is 2.86. The minimum atomic E-state index is -4.47. The fourth-order valence-electron chi connectivity index (χ4n) is 3.15. The van der Waals surface area contributed by atoms with Gasteiger partial charge in [-0.2, -0.15) is 13.2 Å². The molecule has 152 valence electrons. The summed E-state index contributed by atoms with van der Waals surface area (Å²) in [5.74, 6) is 0. The predicted molar refractivity (Wildman–Crippen MR) is 106 cm³/mol. The van der Waals surface area contributed by atoms with Crippen LogP contribution < -0.4 is 5.32 Å². The highest BCUT2D eigenvalue weighted by atomic mass is 32.1. The highest BCUT2D eigenvalue weighted by Crippen LogP contribution is 2.37. The lowest BCUT2D eigenvalue weighted by Gasteiger charge is -2.32. The number of benzene rings is 1. The summed E-state index contributed by atoms with van der Waals surface area (Å²) in [6.07, 6.45) is -4.47. The molecule has 1 N–H and O–H groups in total. The van der Waals surface area contributed by atoms with Crippen molar-refractivity contribution in [2.75, 3.05) is 38.5 Å². The van der Waals surface area contributed by atoms with E-state index in [-0.39, 0.29) is 17.3 Å². The smallest absolute Gasteiger partial charge is 0.322 e. The number of hydrogen-bond acceptors (Lipinski definition) is 5. The van der Waals surface area contributed by atoms with E-state index >= 15 is 0 Å². The summed E-state index contributed by atoms with van der Waals surface area (Å²) in [5.41, 5.74) is 0.0150. The molecule has 1 aromatic carbocycles. The van der Waals surface area contributed by atoms with E-state index in [9.17, 15) is 18.0 Å². The number of fused-ring (bicyclic) bond motifs is 1. The maximum atomic E-state index is 13.3. The van der Waals surface area contributed by atoms with Crippen LogP contribution in [0.3, 0.4) is 0 Å². The lowest BCUT2D eigenvalue weighted by atomic mass is 10.0. The maximum Gasteiger partial charge on any atom is 0.417 e. The van der Waals surface area contributed by atoms with Crippen LogP contribution in [0.5, 0.6) is 0 Å². The van der Waals surface area contributed by atoms with Crippen LogP contribution in [0.25, 0.3) is 21.6 Å². The van der Waals surface area contributed by atoms with Crippen LogP contribution in [0.2, 0.25) is 0 Å². The second-order valence-corrected chi connectivity index (χ2v) is 7.78. The molecular weight excluding hydrogens is 403 g/mol. The highest BCUT2D eigenvalue weighted by Gasteiger charge is 2.33. The first-order valence-electron chi connectivity index (χ1n) is 9.00. The number of thiazole rings is 1. The quantitative estimate of drug-likeness (QED) is 0.675. The van der Waals surface area contributed by atoms with Gasteiger partial charge in [0, 0.05) is 31.7 Å². The first-order chi connectivity index (χ1) is 13.8. The molecule has 0 saturated carbocycles. The molecule has 0 spiro atoms. The molecule has 1 fully saturated rings. The van der Waals surface area contributed by atoms with E-state index < -0.39 is 11.7 Å². The van der Waals surface area contributed by atoms with Crippen molar-refractivity contribution in [3.05, 3.63) is 42.0 Å². The Hall–Kier alpha value is -2.72. The molecule has 0 atom stereocenters. The number of rotatable bonds is 2. The summed E-state index contributed by atoms with van der Waals surface area (Å²) >= 11 is 1.14. The van der Waals surface area contributed by atoms with Gasteiger partial charge < -0.3 is 9.80 Å². The van der Waals surface area contributed by atoms with E-state index in [4.69, 9.17) is 0 Å². The Balaban J connectivity index is 1.58. The Morgan fingerprint density at radius 1 is 1.07 bits per heavy atom. The lowest BCUT2D eigenvalue weighted by molar-refractivity contribution is -0.137. The van der Waals surface area contributed by atoms with E-state index in [2.05, 4.69) is 20.2 Å². The van der Waals surface area contributed by atoms with Gasteiger partial charge >= 0.3 is 12.2 Å². The predicted octanol–water partition coefficient (Wildman–Crippen LogP) is 4.16. The second-order valence-electron chi connectivity index (χ2n) is 6.80. The number of nitrogens with one attached hydrogen (secondary N) is 1. The number of pyridine rings is 1. The maximum absolute atomic E-state index is 13.3. The Morgan fingerprint density at radius 3 is 2.52 bits per heavy atom. The van der Waals surface area contributed by atoms with Gasteiger partial charge in [-0.25, -0.2) is 14.8 Å². The molecule has 6 nitrogen and oxygen atoms in total. The summed E-state index contributed by atoms with van der Waals surface area (Å²) in [7, 11) is 2.00. The molecule has 2 aromatic heterocycles. The zero-order valence-electron chi connectivity index (χ0n) is 15.5. The third-order valence-electron chi connectivity index (χ3n) is 4.77. The van der Waals surface area contributed by atoms with Crippen molar-refractivity contribution in [2.45, 2.75) is 6.18 Å². The summed E-state index contributed by atoms with van der Waals surface area (Å²) < 4.78 is 39.9. The number of amides is 2. The van der Waals surface area contributed by atoms with Crippen molar-refractivity contribution in [3.63, 3.8) is 0 Å². The highest BCUT2D eigenvalue weighted by molar-refractivity contribution is 7.21. The standard InChI is InChI=1S/C19H18F3N5OS/c1-26-8-10-27(11-9-26)18(28)25-17-24-15-7-6-14(23-16(15)29-17)12-4-2-3-5-13(12)19(20,21)22/h2-7H,8-11H2,1H3,(H,24,25,28). The molecule has 4 rings (SSSR count). The third kappa shape index (κ3) is 4.18. The van der Waals surface area contributed by atoms with Gasteiger partial charge in [0.25, 0.3) is 0 Å². The minimum Gasteiger partial charge on any atom is -0.322 e. The number of likely N-dealkylation sites (N-methyl/N-ethyl adjacent to an activating group) is 1. The van der Waals surface area contributed by atoms with E-state index in [1.54, 1.807) is 17.0 Å². The summed E-state index contributed by atoms with van der Waals surface area (Å²) in [5, 5.41) is 3.14. The van der Waals surface area contributed by atoms with Crippen LogP contribution >= 0.6 is 11.3 Å². The second kappa shape index (κ2) is 7.60. The van der Waals surface area contributed by atoms with Crippen molar-refractivity contribution in [3.8, 4) is 11.3 Å². The van der Waals surface area contributed by atoms with Crippen LogP contribution in [0.4, 0.5) is 23.1 Å². The Bertz CT molecular complexity index is 1040. The van der Waals surface area contributed by atoms with Crippen molar-refractivity contribution < 1.29 is 18.0 Å². The normalized spacial score (nSPS) is 15.7. The molecule has 1 aliphatic rings. The Morgan fingerprint density at radius 2 is 1.79 bits per heavy atom. The van der Waals surface area contributed by atoms with Gasteiger partial charge in [0.05, 0.1) is 11.3 Å². The van der Waals surface area contributed by atoms with Crippen molar-refractivity contribution in [1.29, 1.82) is 0 Å². The van der Waals surface area contributed by atoms with Crippen molar-refractivity contribution in [1.82, 2.24) is 19.8 Å². The van der Waals surface area contributed by atoms with Crippen LogP contribution in [0, 0.1) is 0 Å². The molecule has 0 unspecified atom stereocenters. The minimum absolute atomic E-state index is 0.0123. The van der Waals surface area contributed by atoms with Crippen molar-refractivity contribution >= 4 is 32.8 Å². The first kappa shape index (κ1) is 19.6. The van der Waals surface area contributed by atoms with E-state index in [1.807, 2.05) is 7.05 Å². The van der Waals surface area contributed by atoms with Crippen LogP contribution in [-0.2, 0) is 6.18 Å². The number of alkyl halides is 3. The number of nitrogens with zero attached hydrogens (tertiary/aromatic N) is 4. The SMILES string of the molecule is CN1CCN(C(=O)Nc2nc3ccc(-c4ccccc4C(F)(F)F)nc3s2)CC1. The largest absolute Gasteiger partial charge is 0.417 e. The molecule has 0 bridgehead atoms. The van der Waals surface area contributed by atoms with Gasteiger partial charge in [-0.1, -0.05) is 29.5 Å². The molecule has 3 heterocycles. The van der Waals surface area contributed by atoms with Crippen LogP contribution in [0.1, 0.15) is 5.56 Å². The average Bonchev–Trinajstić information content (AvgIpc) is 3.09. The molecule has 2 amide bonds. The lowest BCUT2D eigenvalue weighted by Crippen LogP contribution is -2.48. The van der Waals surface area contributed by atoms with Gasteiger partial charge in [-0.05, 0) is 25.2 Å². The van der Waals surface area contributed by atoms with E-state index in [0.717, 1.165) is 30.5 Å². The number of urea groups is 1. The molecule has 1 saturated heterocycles. The molecule has 10 heteroatoms. The zero-order chi connectivity index (χ0) is 20.6. The molecule has 3 aromatic rings. The van der Waals surface area contributed by atoms with Gasteiger partial charge in [0.1, 0.15) is 10.3 Å². The summed E-state index contributed by atoms with van der Waals surface area (Å²) in [6, 6.07) is 8.23. The third-order valence-corrected chi connectivity index (χ3v) is 5.65. The van der Waals surface area contributed by atoms with Crippen molar-refractivity contribution in [2.24, 2.45) is 0 Å². The molecule has 0 aliphatic carbocycles. The number of piperazine rings is 1. The van der Waals surface area contributed by atoms with Crippen LogP contribution in [0.15, 0.2) is 36.4 Å². The monoisotopic (exact) mass is 421 g/mol. The number of anilines is 1. The van der Waals surface area contributed by atoms with E-state index in [0.29, 0.717) is 28.6 Å². The molecule has 1 aliphatic heterocycles. The molecular formula is C19H18F3N5OS. The Labute approximate surface area is 169 Å². The van der Waals surface area contributed by atoms with Gasteiger partial charge in [-0.15, -0.1) is 0 Å². The zero-order valence-corrected chi connectivity index (χ0v) is 16.3. The van der Waals surface area contributed by atoms with Crippen LogP contribution in [-0.4, -0.2) is 59.0 Å². The number of halogens is 3. The number of carbonyl (C=O) groups excluding carboxylic acids is 1. The topological polar surface area (TPSA) is 61.4 Å². The van der Waals surface area contributed by atoms with Gasteiger partial charge in [-0.3, -0.25) is 5.32 Å². The fourth-order valence-corrected chi connectivity index (χ4v) is 3.98. The summed E-state index contributed by atoms with van der Waals surface area (Å²) in [4.78, 5) is 25.4. The molecule has 29 heavy (non-hydrogen) atoms. The van der Waals surface area contributed by atoms with Gasteiger partial charge in [0.2, 0.25) is 0 Å². The number of carbonyl (C=O) groups is 1. The fraction of sp³-hybridized carbons (Fsp3) is 0.316. The first-order valence-corrected chi connectivity index (χ1v) is 9.81. The van der Waals surface area contributed by atoms with E-state index in [1.165, 1.54) is 18.2 Å².